The van der Waals surface area contributed by atoms with E-state index in [1.165, 1.54) is 34.9 Å². The normalized spacial score (nSPS) is 51.5. The predicted octanol–water partition coefficient (Wildman–Crippen LogP) is 6.41. The van der Waals surface area contributed by atoms with E-state index in [1.807, 2.05) is 0 Å². The molecule has 8 atom stereocenters. The minimum atomic E-state index is 0.139. The third-order valence-corrected chi connectivity index (χ3v) is 11.3. The van der Waals surface area contributed by atoms with Gasteiger partial charge in [-0.3, -0.25) is 0 Å². The van der Waals surface area contributed by atoms with Crippen molar-refractivity contribution in [1.82, 2.24) is 0 Å². The summed E-state index contributed by atoms with van der Waals surface area (Å²) >= 11 is 0. The standard InChI is InChI=1S/2C13H20O/c2*1-8-9(2)13(5)10(3)12(8,4)6-11(13)7-14/h2*7,10-11H,6H2,1-5H3. The van der Waals surface area contributed by atoms with Gasteiger partial charge in [-0.1, -0.05) is 63.8 Å². The molecule has 0 spiro atoms. The minimum absolute atomic E-state index is 0.139. The molecule has 0 aromatic carbocycles. The van der Waals surface area contributed by atoms with Crippen LogP contribution in [0.25, 0.3) is 0 Å². The Kier molecular flexibility index (Phi) is 4.73. The second-order valence-electron chi connectivity index (χ2n) is 11.2. The molecular weight excluding hydrogens is 344 g/mol. The number of allylic oxidation sites excluding steroid dienone is 4. The van der Waals surface area contributed by atoms with Gasteiger partial charge in [0.25, 0.3) is 0 Å². The molecular formula is C26H40O2. The molecule has 0 aromatic rings. The van der Waals surface area contributed by atoms with Crippen LogP contribution in [0.5, 0.6) is 0 Å². The van der Waals surface area contributed by atoms with E-state index in [1.54, 1.807) is 0 Å². The van der Waals surface area contributed by atoms with E-state index in [4.69, 9.17) is 0 Å². The number of carbonyl (C=O) groups is 2. The first-order valence-electron chi connectivity index (χ1n) is 11.0. The summed E-state index contributed by atoms with van der Waals surface area (Å²) < 4.78 is 0. The molecule has 0 N–H and O–H groups in total. The maximum atomic E-state index is 11.1. The van der Waals surface area contributed by atoms with Gasteiger partial charge in [0.15, 0.2) is 0 Å². The lowest BCUT2D eigenvalue weighted by atomic mass is 9.71. The van der Waals surface area contributed by atoms with Crippen molar-refractivity contribution in [3.63, 3.8) is 0 Å². The maximum Gasteiger partial charge on any atom is 0.123 e. The van der Waals surface area contributed by atoms with Crippen LogP contribution in [0.4, 0.5) is 0 Å². The molecule has 2 nitrogen and oxygen atoms in total. The molecule has 4 rings (SSSR count). The number of rotatable bonds is 2. The highest BCUT2D eigenvalue weighted by Gasteiger charge is 2.63. The van der Waals surface area contributed by atoms with Crippen molar-refractivity contribution in [2.75, 3.05) is 0 Å². The number of fused-ring (bicyclic) bond motifs is 4. The largest absolute Gasteiger partial charge is 0.303 e. The summed E-state index contributed by atoms with van der Waals surface area (Å²) in [6.07, 6.45) is 4.46. The maximum absolute atomic E-state index is 11.1. The Morgan fingerprint density at radius 1 is 0.643 bits per heavy atom. The number of aldehydes is 2. The molecule has 4 aliphatic carbocycles. The Hall–Kier alpha value is -1.18. The molecule has 0 aliphatic heterocycles. The smallest absolute Gasteiger partial charge is 0.123 e. The van der Waals surface area contributed by atoms with Crippen LogP contribution in [0, 0.1) is 45.3 Å². The van der Waals surface area contributed by atoms with Gasteiger partial charge < -0.3 is 9.59 Å². The lowest BCUT2D eigenvalue weighted by Crippen LogP contribution is -2.28. The summed E-state index contributed by atoms with van der Waals surface area (Å²) in [6, 6.07) is 0. The topological polar surface area (TPSA) is 34.1 Å². The van der Waals surface area contributed by atoms with E-state index in [-0.39, 0.29) is 33.5 Å². The van der Waals surface area contributed by atoms with Gasteiger partial charge in [0.05, 0.1) is 0 Å². The van der Waals surface area contributed by atoms with Crippen molar-refractivity contribution in [1.29, 1.82) is 0 Å². The molecule has 28 heavy (non-hydrogen) atoms. The number of carbonyl (C=O) groups excluding carboxylic acids is 2. The van der Waals surface area contributed by atoms with E-state index in [0.29, 0.717) is 11.8 Å². The Labute approximate surface area is 172 Å². The fraction of sp³-hybridized carbons (Fsp3) is 0.769. The highest BCUT2D eigenvalue weighted by Crippen LogP contribution is 2.70. The average molecular weight is 385 g/mol. The monoisotopic (exact) mass is 384 g/mol. The SMILES string of the molecule is CC1=C(C)C2(C)C(C=O)CC1(C)C2C.CC1=C(C)C2(C)C(C=O)CC1(C)C2C. The Morgan fingerprint density at radius 2 is 0.929 bits per heavy atom. The van der Waals surface area contributed by atoms with Crippen LogP contribution < -0.4 is 0 Å². The lowest BCUT2D eigenvalue weighted by molar-refractivity contribution is -0.114. The summed E-state index contributed by atoms with van der Waals surface area (Å²) in [5.74, 6) is 1.72. The first-order chi connectivity index (χ1) is 12.8. The third-order valence-electron chi connectivity index (χ3n) is 11.3. The summed E-state index contributed by atoms with van der Waals surface area (Å²) in [5, 5.41) is 0. The lowest BCUT2D eigenvalue weighted by Gasteiger charge is -2.32. The van der Waals surface area contributed by atoms with Gasteiger partial charge in [0.1, 0.15) is 12.6 Å². The van der Waals surface area contributed by atoms with Gasteiger partial charge in [-0.05, 0) is 63.2 Å². The van der Waals surface area contributed by atoms with Crippen LogP contribution in [0.2, 0.25) is 0 Å². The minimum Gasteiger partial charge on any atom is -0.303 e. The Morgan fingerprint density at radius 3 is 1.11 bits per heavy atom. The molecule has 2 fully saturated rings. The molecule has 4 aliphatic rings. The highest BCUT2D eigenvalue weighted by atomic mass is 16.1. The predicted molar refractivity (Wildman–Crippen MR) is 116 cm³/mol. The van der Waals surface area contributed by atoms with E-state index < -0.39 is 0 Å². The zero-order valence-corrected chi connectivity index (χ0v) is 19.7. The van der Waals surface area contributed by atoms with Gasteiger partial charge in [-0.25, -0.2) is 0 Å². The van der Waals surface area contributed by atoms with Crippen LogP contribution in [0.1, 0.15) is 82.1 Å². The highest BCUT2D eigenvalue weighted by molar-refractivity contribution is 5.62. The third kappa shape index (κ3) is 2.16. The van der Waals surface area contributed by atoms with E-state index in [2.05, 4.69) is 69.2 Å². The summed E-state index contributed by atoms with van der Waals surface area (Å²) in [7, 11) is 0. The molecule has 0 radical (unpaired) electrons. The molecule has 0 amide bonds. The zero-order chi connectivity index (χ0) is 21.4. The van der Waals surface area contributed by atoms with Gasteiger partial charge in [-0.15, -0.1) is 0 Å². The van der Waals surface area contributed by atoms with Gasteiger partial charge in [-0.2, -0.15) is 0 Å². The van der Waals surface area contributed by atoms with Gasteiger partial charge in [0.2, 0.25) is 0 Å². The van der Waals surface area contributed by atoms with Crippen molar-refractivity contribution < 1.29 is 9.59 Å². The molecule has 156 valence electrons. The van der Waals surface area contributed by atoms with Crippen molar-refractivity contribution in [3.8, 4) is 0 Å². The van der Waals surface area contributed by atoms with Crippen molar-refractivity contribution in [2.24, 2.45) is 45.3 Å². The summed E-state index contributed by atoms with van der Waals surface area (Å²) in [6.45, 7) is 22.7. The van der Waals surface area contributed by atoms with Crippen molar-refractivity contribution >= 4 is 12.6 Å². The van der Waals surface area contributed by atoms with Crippen LogP contribution in [-0.4, -0.2) is 12.6 Å². The van der Waals surface area contributed by atoms with Crippen LogP contribution in [-0.2, 0) is 9.59 Å². The average Bonchev–Trinajstić information content (AvgIpc) is 3.11. The molecule has 0 heterocycles. The molecule has 2 saturated carbocycles. The fourth-order valence-corrected chi connectivity index (χ4v) is 7.86. The van der Waals surface area contributed by atoms with Crippen molar-refractivity contribution in [2.45, 2.75) is 82.1 Å². The first kappa shape index (κ1) is 21.5. The van der Waals surface area contributed by atoms with E-state index in [9.17, 15) is 9.59 Å². The van der Waals surface area contributed by atoms with Crippen LogP contribution in [0.3, 0.4) is 0 Å². The van der Waals surface area contributed by atoms with Crippen LogP contribution >= 0.6 is 0 Å². The number of hydrogen-bond donors (Lipinski definition) is 0. The van der Waals surface area contributed by atoms with Crippen molar-refractivity contribution in [3.05, 3.63) is 22.3 Å². The molecule has 2 heteroatoms. The van der Waals surface area contributed by atoms with E-state index in [0.717, 1.165) is 12.8 Å². The Bertz CT molecular complexity index is 722. The molecule has 4 bridgehead atoms. The summed E-state index contributed by atoms with van der Waals surface area (Å²) in [4.78, 5) is 22.2. The molecule has 0 saturated heterocycles. The Balaban J connectivity index is 0.000000161. The molecule has 0 aromatic heterocycles. The van der Waals surface area contributed by atoms with Gasteiger partial charge in [0, 0.05) is 22.7 Å². The summed E-state index contributed by atoms with van der Waals surface area (Å²) in [5.41, 5.74) is 6.85. The second-order valence-corrected chi connectivity index (χ2v) is 11.2. The second kappa shape index (κ2) is 6.16. The number of hydrogen-bond acceptors (Lipinski definition) is 2. The zero-order valence-electron chi connectivity index (χ0n) is 19.7. The molecule has 8 unspecified atom stereocenters. The van der Waals surface area contributed by atoms with E-state index >= 15 is 0 Å². The van der Waals surface area contributed by atoms with Crippen LogP contribution in [0.15, 0.2) is 22.3 Å². The quantitative estimate of drug-likeness (QED) is 0.407. The first-order valence-corrected chi connectivity index (χ1v) is 11.0. The van der Waals surface area contributed by atoms with Gasteiger partial charge >= 0.3 is 0 Å². The fourth-order valence-electron chi connectivity index (χ4n) is 7.86.